The van der Waals surface area contributed by atoms with Gasteiger partial charge in [-0.3, -0.25) is 20.4 Å². The Morgan fingerprint density at radius 3 is 2.46 bits per heavy atom. The van der Waals surface area contributed by atoms with Crippen molar-refractivity contribution in [3.05, 3.63) is 64.2 Å². The average Bonchev–Trinajstić information content (AvgIpc) is 3.17. The molecule has 7 nitrogen and oxygen atoms in total. The SMILES string of the molecule is O=C(COC(=O)COc1ccc2c(c1)CCC2)NNC(=O)c1ccc(Cl)cc1. The zero-order valence-corrected chi connectivity index (χ0v) is 15.8. The summed E-state index contributed by atoms with van der Waals surface area (Å²) in [4.78, 5) is 35.2. The molecule has 0 bridgehead atoms. The number of ether oxygens (including phenoxy) is 2. The monoisotopic (exact) mass is 402 g/mol. The smallest absolute Gasteiger partial charge is 0.344 e. The summed E-state index contributed by atoms with van der Waals surface area (Å²) in [5, 5.41) is 0.495. The number of carbonyl (C=O) groups is 3. The summed E-state index contributed by atoms with van der Waals surface area (Å²) in [6.07, 6.45) is 3.21. The molecule has 3 rings (SSSR count). The van der Waals surface area contributed by atoms with Gasteiger partial charge in [0.1, 0.15) is 5.75 Å². The lowest BCUT2D eigenvalue weighted by molar-refractivity contribution is -0.150. The largest absolute Gasteiger partial charge is 0.482 e. The third kappa shape index (κ3) is 5.47. The van der Waals surface area contributed by atoms with Crippen LogP contribution in [0.1, 0.15) is 27.9 Å². The molecule has 2 amide bonds. The first kappa shape index (κ1) is 19.7. The molecule has 146 valence electrons. The van der Waals surface area contributed by atoms with Gasteiger partial charge in [-0.2, -0.15) is 0 Å². The van der Waals surface area contributed by atoms with Crippen molar-refractivity contribution in [1.82, 2.24) is 10.9 Å². The van der Waals surface area contributed by atoms with Gasteiger partial charge < -0.3 is 9.47 Å². The molecular weight excluding hydrogens is 384 g/mol. The van der Waals surface area contributed by atoms with Crippen molar-refractivity contribution in [2.24, 2.45) is 0 Å². The standard InChI is InChI=1S/C20H19ClN2O5/c21-16-7-4-14(5-8-16)20(26)23-22-18(24)11-28-19(25)12-27-17-9-6-13-2-1-3-15(13)10-17/h4-10H,1-3,11-12H2,(H,22,24)(H,23,26). The van der Waals surface area contributed by atoms with Crippen LogP contribution in [0.25, 0.3) is 0 Å². The van der Waals surface area contributed by atoms with Crippen molar-refractivity contribution in [2.75, 3.05) is 13.2 Å². The first-order valence-electron chi connectivity index (χ1n) is 8.76. The Balaban J connectivity index is 1.35. The highest BCUT2D eigenvalue weighted by Gasteiger charge is 2.13. The van der Waals surface area contributed by atoms with Crippen molar-refractivity contribution < 1.29 is 23.9 Å². The van der Waals surface area contributed by atoms with Crippen molar-refractivity contribution in [3.63, 3.8) is 0 Å². The van der Waals surface area contributed by atoms with Gasteiger partial charge in [0.05, 0.1) is 0 Å². The molecule has 0 spiro atoms. The van der Waals surface area contributed by atoms with Crippen LogP contribution in [0, 0.1) is 0 Å². The summed E-state index contributed by atoms with van der Waals surface area (Å²) >= 11 is 5.74. The van der Waals surface area contributed by atoms with E-state index in [0.29, 0.717) is 16.3 Å². The van der Waals surface area contributed by atoms with Crippen LogP contribution >= 0.6 is 11.6 Å². The highest BCUT2D eigenvalue weighted by molar-refractivity contribution is 6.30. The highest BCUT2D eigenvalue weighted by Crippen LogP contribution is 2.25. The number of rotatable bonds is 6. The van der Waals surface area contributed by atoms with Crippen LogP contribution in [0.5, 0.6) is 5.75 Å². The second-order valence-electron chi connectivity index (χ2n) is 6.24. The number of aryl methyl sites for hydroxylation is 2. The molecule has 2 aromatic rings. The number of hydrazine groups is 1. The number of halogens is 1. The van der Waals surface area contributed by atoms with E-state index in [1.165, 1.54) is 23.3 Å². The summed E-state index contributed by atoms with van der Waals surface area (Å²) in [6.45, 7) is -0.837. The van der Waals surface area contributed by atoms with E-state index in [2.05, 4.69) is 10.9 Å². The molecule has 8 heteroatoms. The van der Waals surface area contributed by atoms with E-state index in [4.69, 9.17) is 21.1 Å². The molecule has 0 aliphatic heterocycles. The number of nitrogens with one attached hydrogen (secondary N) is 2. The van der Waals surface area contributed by atoms with Crippen LogP contribution in [0.3, 0.4) is 0 Å². The minimum atomic E-state index is -0.681. The van der Waals surface area contributed by atoms with E-state index in [9.17, 15) is 14.4 Å². The molecule has 0 fully saturated rings. The van der Waals surface area contributed by atoms with Gasteiger partial charge in [0.2, 0.25) is 0 Å². The highest BCUT2D eigenvalue weighted by atomic mass is 35.5. The van der Waals surface area contributed by atoms with Gasteiger partial charge >= 0.3 is 5.97 Å². The van der Waals surface area contributed by atoms with Crippen LogP contribution in [0.15, 0.2) is 42.5 Å². The van der Waals surface area contributed by atoms with E-state index in [1.54, 1.807) is 12.1 Å². The number of hydrogen-bond donors (Lipinski definition) is 2. The molecule has 0 saturated carbocycles. The number of hydrogen-bond acceptors (Lipinski definition) is 5. The Bertz CT molecular complexity index is 883. The third-order valence-electron chi connectivity index (χ3n) is 4.21. The Morgan fingerprint density at radius 1 is 0.929 bits per heavy atom. The van der Waals surface area contributed by atoms with Gasteiger partial charge in [-0.15, -0.1) is 0 Å². The van der Waals surface area contributed by atoms with E-state index < -0.39 is 24.4 Å². The summed E-state index contributed by atoms with van der Waals surface area (Å²) in [7, 11) is 0. The molecule has 0 saturated heterocycles. The molecule has 0 atom stereocenters. The second kappa shape index (κ2) is 9.23. The fraction of sp³-hybridized carbons (Fsp3) is 0.250. The number of carbonyl (C=O) groups excluding carboxylic acids is 3. The lowest BCUT2D eigenvalue weighted by Crippen LogP contribution is -2.43. The van der Waals surface area contributed by atoms with Crippen molar-refractivity contribution >= 4 is 29.4 Å². The lowest BCUT2D eigenvalue weighted by atomic mass is 10.1. The van der Waals surface area contributed by atoms with E-state index >= 15 is 0 Å². The summed E-state index contributed by atoms with van der Waals surface area (Å²) in [5.41, 5.74) is 7.26. The molecule has 0 heterocycles. The molecule has 2 aromatic carbocycles. The average molecular weight is 403 g/mol. The quantitative estimate of drug-likeness (QED) is 0.570. The van der Waals surface area contributed by atoms with Gasteiger partial charge in [-0.05, 0) is 66.8 Å². The first-order valence-corrected chi connectivity index (χ1v) is 9.14. The topological polar surface area (TPSA) is 93.7 Å². The third-order valence-corrected chi connectivity index (χ3v) is 4.46. The molecule has 0 unspecified atom stereocenters. The summed E-state index contributed by atoms with van der Waals surface area (Å²) < 4.78 is 10.2. The number of benzene rings is 2. The van der Waals surface area contributed by atoms with Gasteiger partial charge in [-0.1, -0.05) is 17.7 Å². The second-order valence-corrected chi connectivity index (χ2v) is 6.68. The van der Waals surface area contributed by atoms with Crippen LogP contribution < -0.4 is 15.6 Å². The van der Waals surface area contributed by atoms with Crippen LogP contribution in [-0.2, 0) is 27.2 Å². The molecule has 28 heavy (non-hydrogen) atoms. The predicted molar refractivity (Wildman–Crippen MR) is 102 cm³/mol. The van der Waals surface area contributed by atoms with Gasteiger partial charge in [0, 0.05) is 10.6 Å². The van der Waals surface area contributed by atoms with Crippen LogP contribution in [0.4, 0.5) is 0 Å². The molecule has 0 aromatic heterocycles. The van der Waals surface area contributed by atoms with Crippen molar-refractivity contribution in [3.8, 4) is 5.75 Å². The van der Waals surface area contributed by atoms with Gasteiger partial charge in [0.25, 0.3) is 11.8 Å². The van der Waals surface area contributed by atoms with Gasteiger partial charge in [-0.25, -0.2) is 4.79 Å². The van der Waals surface area contributed by atoms with Crippen LogP contribution in [-0.4, -0.2) is 31.0 Å². The van der Waals surface area contributed by atoms with E-state index in [0.717, 1.165) is 19.3 Å². The molecule has 1 aliphatic rings. The minimum absolute atomic E-state index is 0.302. The maximum absolute atomic E-state index is 11.8. The van der Waals surface area contributed by atoms with E-state index in [-0.39, 0.29) is 6.61 Å². The number of esters is 1. The predicted octanol–water partition coefficient (Wildman–Crippen LogP) is 2.21. The Kier molecular flexibility index (Phi) is 6.49. The van der Waals surface area contributed by atoms with Crippen molar-refractivity contribution in [1.29, 1.82) is 0 Å². The minimum Gasteiger partial charge on any atom is -0.482 e. The van der Waals surface area contributed by atoms with E-state index in [1.807, 2.05) is 18.2 Å². The van der Waals surface area contributed by atoms with Gasteiger partial charge in [0.15, 0.2) is 13.2 Å². The fourth-order valence-electron chi connectivity index (χ4n) is 2.80. The number of amides is 2. The first-order chi connectivity index (χ1) is 13.5. The summed E-state index contributed by atoms with van der Waals surface area (Å²) in [6, 6.07) is 11.9. The zero-order chi connectivity index (χ0) is 19.9. The normalized spacial score (nSPS) is 12.0. The fourth-order valence-corrected chi connectivity index (χ4v) is 2.93. The Morgan fingerprint density at radius 2 is 1.68 bits per heavy atom. The Hall–Kier alpha value is -3.06. The Labute approximate surface area is 166 Å². The van der Waals surface area contributed by atoms with Crippen molar-refractivity contribution in [2.45, 2.75) is 19.3 Å². The zero-order valence-electron chi connectivity index (χ0n) is 15.0. The van der Waals surface area contributed by atoms with Crippen LogP contribution in [0.2, 0.25) is 5.02 Å². The number of fused-ring (bicyclic) bond motifs is 1. The lowest BCUT2D eigenvalue weighted by Gasteiger charge is -2.09. The molecule has 1 aliphatic carbocycles. The summed E-state index contributed by atoms with van der Waals surface area (Å²) in [5.74, 6) is -1.28. The molecule has 2 N–H and O–H groups in total. The molecule has 0 radical (unpaired) electrons. The molecular formula is C20H19ClN2O5. The maximum atomic E-state index is 11.8. The maximum Gasteiger partial charge on any atom is 0.344 e.